The Bertz CT molecular complexity index is 1100. The molecule has 32 heavy (non-hydrogen) atoms. The standard InChI is InChI=1S/C26H36N4O2/c1-4-32-16-22-29-23-24(20-10-6-7-11-21(20)28-25(23)27)30(22)17-26(12-8-5-9-13-26)15-19(31)14-18(2)3/h6-7,10-11,18H,4-5,8-9,12-17H2,1-3H3,(H2,27,28). The van der Waals surface area contributed by atoms with Gasteiger partial charge in [-0.3, -0.25) is 4.79 Å². The minimum Gasteiger partial charge on any atom is -0.382 e. The van der Waals surface area contributed by atoms with E-state index in [0.717, 1.165) is 47.1 Å². The number of hydrogen-bond donors (Lipinski definition) is 1. The van der Waals surface area contributed by atoms with Gasteiger partial charge < -0.3 is 15.0 Å². The topological polar surface area (TPSA) is 83.0 Å². The minimum absolute atomic E-state index is 0.0437. The Morgan fingerprint density at radius 3 is 2.66 bits per heavy atom. The third-order valence-corrected chi connectivity index (χ3v) is 6.74. The van der Waals surface area contributed by atoms with E-state index in [0.29, 0.717) is 43.6 Å². The quantitative estimate of drug-likeness (QED) is 0.468. The number of carbonyl (C=O) groups excluding carboxylic acids is 1. The van der Waals surface area contributed by atoms with Gasteiger partial charge in [-0.1, -0.05) is 51.3 Å². The van der Waals surface area contributed by atoms with Crippen molar-refractivity contribution in [3.8, 4) is 0 Å². The number of Topliss-reactive ketones (excluding diaryl/α,β-unsaturated/α-hetero) is 1. The van der Waals surface area contributed by atoms with Crippen LogP contribution >= 0.6 is 0 Å². The zero-order chi connectivity index (χ0) is 22.7. The average molecular weight is 437 g/mol. The van der Waals surface area contributed by atoms with Gasteiger partial charge in [-0.2, -0.15) is 0 Å². The Balaban J connectivity index is 1.83. The summed E-state index contributed by atoms with van der Waals surface area (Å²) in [4.78, 5) is 22.4. The van der Waals surface area contributed by atoms with Crippen LogP contribution in [0.3, 0.4) is 0 Å². The molecule has 1 fully saturated rings. The number of carbonyl (C=O) groups is 1. The normalized spacial score (nSPS) is 16.2. The van der Waals surface area contributed by atoms with E-state index >= 15 is 0 Å². The lowest BCUT2D eigenvalue weighted by Crippen LogP contribution is -2.33. The highest BCUT2D eigenvalue weighted by Crippen LogP contribution is 2.43. The molecule has 6 heteroatoms. The van der Waals surface area contributed by atoms with Crippen molar-refractivity contribution in [2.75, 3.05) is 12.3 Å². The van der Waals surface area contributed by atoms with E-state index in [2.05, 4.69) is 29.5 Å². The van der Waals surface area contributed by atoms with Crippen LogP contribution in [0.5, 0.6) is 0 Å². The van der Waals surface area contributed by atoms with Crippen LogP contribution in [0.1, 0.15) is 71.5 Å². The van der Waals surface area contributed by atoms with Crippen molar-refractivity contribution in [3.63, 3.8) is 0 Å². The molecule has 0 unspecified atom stereocenters. The number of pyridine rings is 1. The lowest BCUT2D eigenvalue weighted by Gasteiger charge is -2.38. The fraction of sp³-hybridized carbons (Fsp3) is 0.577. The summed E-state index contributed by atoms with van der Waals surface area (Å²) in [5, 5.41) is 1.05. The van der Waals surface area contributed by atoms with Gasteiger partial charge in [-0.15, -0.1) is 0 Å². The van der Waals surface area contributed by atoms with E-state index in [1.54, 1.807) is 0 Å². The van der Waals surface area contributed by atoms with Gasteiger partial charge in [0, 0.05) is 31.4 Å². The molecule has 0 bridgehead atoms. The Morgan fingerprint density at radius 1 is 1.19 bits per heavy atom. The smallest absolute Gasteiger partial charge is 0.152 e. The Morgan fingerprint density at radius 2 is 1.94 bits per heavy atom. The van der Waals surface area contributed by atoms with Crippen molar-refractivity contribution in [3.05, 3.63) is 30.1 Å². The van der Waals surface area contributed by atoms with Crippen LogP contribution < -0.4 is 5.73 Å². The maximum atomic E-state index is 13.0. The van der Waals surface area contributed by atoms with Gasteiger partial charge in [-0.25, -0.2) is 9.97 Å². The van der Waals surface area contributed by atoms with Gasteiger partial charge >= 0.3 is 0 Å². The first-order valence-electron chi connectivity index (χ1n) is 12.1. The molecule has 172 valence electrons. The molecule has 0 amide bonds. The van der Waals surface area contributed by atoms with Crippen molar-refractivity contribution in [2.24, 2.45) is 11.3 Å². The third-order valence-electron chi connectivity index (χ3n) is 6.74. The molecule has 2 aromatic heterocycles. The first kappa shape index (κ1) is 22.7. The first-order valence-corrected chi connectivity index (χ1v) is 12.1. The largest absolute Gasteiger partial charge is 0.382 e. The molecule has 6 nitrogen and oxygen atoms in total. The molecule has 0 aliphatic heterocycles. The summed E-state index contributed by atoms with van der Waals surface area (Å²) >= 11 is 0. The van der Waals surface area contributed by atoms with Crippen LogP contribution in [0.4, 0.5) is 5.82 Å². The zero-order valence-electron chi connectivity index (χ0n) is 19.7. The number of ether oxygens (including phenoxy) is 1. The Labute approximate surface area is 190 Å². The predicted molar refractivity (Wildman–Crippen MR) is 129 cm³/mol. The summed E-state index contributed by atoms with van der Waals surface area (Å²) in [6.45, 7) is 8.05. The van der Waals surface area contributed by atoms with Gasteiger partial charge in [0.1, 0.15) is 23.7 Å². The molecule has 4 rings (SSSR count). The minimum atomic E-state index is -0.0437. The highest BCUT2D eigenvalue weighted by molar-refractivity contribution is 6.06. The van der Waals surface area contributed by atoms with Crippen LogP contribution in [0.2, 0.25) is 0 Å². The average Bonchev–Trinajstić information content (AvgIpc) is 3.11. The van der Waals surface area contributed by atoms with Crippen molar-refractivity contribution < 1.29 is 9.53 Å². The summed E-state index contributed by atoms with van der Waals surface area (Å²) in [6.07, 6.45) is 7.03. The number of benzene rings is 1. The highest BCUT2D eigenvalue weighted by atomic mass is 16.5. The van der Waals surface area contributed by atoms with Crippen LogP contribution in [-0.4, -0.2) is 26.9 Å². The van der Waals surface area contributed by atoms with E-state index in [-0.39, 0.29) is 5.41 Å². The number of nitrogen functional groups attached to an aromatic ring is 1. The molecule has 1 aliphatic carbocycles. The molecule has 3 aromatic rings. The summed E-state index contributed by atoms with van der Waals surface area (Å²) in [6, 6.07) is 8.09. The van der Waals surface area contributed by atoms with Crippen LogP contribution in [0.15, 0.2) is 24.3 Å². The lowest BCUT2D eigenvalue weighted by atomic mass is 9.70. The number of nitrogens with zero attached hydrogens (tertiary/aromatic N) is 3. The second-order valence-corrected chi connectivity index (χ2v) is 9.84. The molecular formula is C26H36N4O2. The van der Waals surface area contributed by atoms with Crippen molar-refractivity contribution in [1.82, 2.24) is 14.5 Å². The van der Waals surface area contributed by atoms with Gasteiger partial charge in [-0.05, 0) is 37.2 Å². The van der Waals surface area contributed by atoms with Crippen LogP contribution in [0.25, 0.3) is 21.9 Å². The molecule has 2 heterocycles. The fourth-order valence-electron chi connectivity index (χ4n) is 5.35. The Kier molecular flexibility index (Phi) is 6.79. The SMILES string of the molecule is CCOCc1nc2c(N)nc3ccccc3c2n1CC1(CC(=O)CC(C)C)CCCCC1. The molecule has 1 saturated carbocycles. The number of rotatable bonds is 9. The number of fused-ring (bicyclic) bond motifs is 3. The van der Waals surface area contributed by atoms with E-state index in [4.69, 9.17) is 15.5 Å². The van der Waals surface area contributed by atoms with E-state index in [1.807, 2.05) is 25.1 Å². The van der Waals surface area contributed by atoms with Gasteiger partial charge in [0.15, 0.2) is 5.82 Å². The van der Waals surface area contributed by atoms with Gasteiger partial charge in [0.05, 0.1) is 11.0 Å². The highest BCUT2D eigenvalue weighted by Gasteiger charge is 2.36. The monoisotopic (exact) mass is 436 g/mol. The van der Waals surface area contributed by atoms with Crippen molar-refractivity contribution in [2.45, 2.75) is 78.9 Å². The lowest BCUT2D eigenvalue weighted by molar-refractivity contribution is -0.123. The second kappa shape index (κ2) is 9.57. The maximum absolute atomic E-state index is 13.0. The van der Waals surface area contributed by atoms with E-state index in [9.17, 15) is 4.79 Å². The number of imidazole rings is 1. The molecule has 0 saturated heterocycles. The molecular weight excluding hydrogens is 400 g/mol. The number of ketones is 1. The van der Waals surface area contributed by atoms with Gasteiger partial charge in [0.25, 0.3) is 0 Å². The summed E-state index contributed by atoms with van der Waals surface area (Å²) < 4.78 is 8.08. The number of para-hydroxylation sites is 1. The maximum Gasteiger partial charge on any atom is 0.152 e. The number of nitrogens with two attached hydrogens (primary N) is 1. The van der Waals surface area contributed by atoms with Crippen molar-refractivity contribution >= 4 is 33.5 Å². The predicted octanol–water partition coefficient (Wildman–Crippen LogP) is 5.66. The van der Waals surface area contributed by atoms with Crippen LogP contribution in [-0.2, 0) is 22.7 Å². The summed E-state index contributed by atoms with van der Waals surface area (Å²) in [5.74, 6) is 2.08. The number of hydrogen-bond acceptors (Lipinski definition) is 5. The van der Waals surface area contributed by atoms with Crippen LogP contribution in [0, 0.1) is 11.3 Å². The zero-order valence-corrected chi connectivity index (χ0v) is 19.7. The first-order chi connectivity index (χ1) is 15.4. The Hall–Kier alpha value is -2.47. The molecule has 0 atom stereocenters. The molecule has 0 spiro atoms. The van der Waals surface area contributed by atoms with Gasteiger partial charge in [0.2, 0.25) is 0 Å². The second-order valence-electron chi connectivity index (χ2n) is 9.84. The third kappa shape index (κ3) is 4.65. The molecule has 2 N–H and O–H groups in total. The van der Waals surface area contributed by atoms with E-state index in [1.165, 1.54) is 19.3 Å². The molecule has 1 aromatic carbocycles. The summed E-state index contributed by atoms with van der Waals surface area (Å²) in [5.41, 5.74) is 8.93. The number of aromatic nitrogens is 3. The molecule has 0 radical (unpaired) electrons. The van der Waals surface area contributed by atoms with E-state index < -0.39 is 0 Å². The van der Waals surface area contributed by atoms with Crippen molar-refractivity contribution in [1.29, 1.82) is 0 Å². The number of anilines is 1. The fourth-order valence-corrected chi connectivity index (χ4v) is 5.35. The summed E-state index contributed by atoms with van der Waals surface area (Å²) in [7, 11) is 0. The molecule has 1 aliphatic rings.